The first kappa shape index (κ1) is 20.5. The topological polar surface area (TPSA) is 61.7 Å². The molecule has 4 heteroatoms. The van der Waals surface area contributed by atoms with Gasteiger partial charge in [-0.15, -0.1) is 0 Å². The van der Waals surface area contributed by atoms with Crippen molar-refractivity contribution < 1.29 is 9.90 Å². The molecular weight excluding hydrogens is 408 g/mol. The Kier molecular flexibility index (Phi) is 4.62. The summed E-state index contributed by atoms with van der Waals surface area (Å²) in [6.45, 7) is 2.13. The summed E-state index contributed by atoms with van der Waals surface area (Å²) >= 11 is 0. The van der Waals surface area contributed by atoms with Crippen LogP contribution in [0.25, 0.3) is 10.8 Å². The highest BCUT2D eigenvalue weighted by Crippen LogP contribution is 2.65. The second kappa shape index (κ2) is 7.44. The minimum atomic E-state index is -0.340. The summed E-state index contributed by atoms with van der Waals surface area (Å²) < 4.78 is 0. The molecule has 0 aromatic heterocycles. The first-order valence-electron chi connectivity index (χ1n) is 12.1. The SMILES string of the molecule is Cc1ccc(C23CC4CC(CC(C(=O)N/N=C/c5c(O)ccc6ccccc56)(C4)C2)C3)cc1. The van der Waals surface area contributed by atoms with E-state index in [4.69, 9.17) is 0 Å². The molecule has 4 aliphatic rings. The molecule has 0 heterocycles. The molecule has 4 bridgehead atoms. The Morgan fingerprint density at radius 3 is 2.48 bits per heavy atom. The van der Waals surface area contributed by atoms with Crippen molar-refractivity contribution in [2.75, 3.05) is 0 Å². The van der Waals surface area contributed by atoms with Crippen LogP contribution in [0.2, 0.25) is 0 Å². The lowest BCUT2D eigenvalue weighted by molar-refractivity contribution is -0.149. The van der Waals surface area contributed by atoms with E-state index in [2.05, 4.69) is 41.7 Å². The second-order valence-electron chi connectivity index (χ2n) is 10.8. The Hall–Kier alpha value is -3.14. The van der Waals surface area contributed by atoms with Crippen molar-refractivity contribution in [3.63, 3.8) is 0 Å². The van der Waals surface area contributed by atoms with Crippen LogP contribution in [-0.4, -0.2) is 17.2 Å². The summed E-state index contributed by atoms with van der Waals surface area (Å²) in [5, 5.41) is 16.7. The highest BCUT2D eigenvalue weighted by molar-refractivity contribution is 6.02. The zero-order valence-corrected chi connectivity index (χ0v) is 19.1. The van der Waals surface area contributed by atoms with E-state index in [1.54, 1.807) is 12.3 Å². The number of hydrazone groups is 1. The third kappa shape index (κ3) is 3.35. The van der Waals surface area contributed by atoms with E-state index in [9.17, 15) is 9.90 Å². The normalized spacial score (nSPS) is 30.2. The van der Waals surface area contributed by atoms with Crippen molar-refractivity contribution in [3.8, 4) is 5.75 Å². The van der Waals surface area contributed by atoms with Crippen LogP contribution >= 0.6 is 0 Å². The summed E-state index contributed by atoms with van der Waals surface area (Å²) in [4.78, 5) is 13.6. The smallest absolute Gasteiger partial charge is 0.246 e. The summed E-state index contributed by atoms with van der Waals surface area (Å²) in [7, 11) is 0. The lowest BCUT2D eigenvalue weighted by atomic mass is 9.42. The number of hydrogen-bond acceptors (Lipinski definition) is 3. The molecular formula is C29H30N2O2. The van der Waals surface area contributed by atoms with Gasteiger partial charge in [-0.2, -0.15) is 5.10 Å². The molecule has 0 saturated heterocycles. The highest BCUT2D eigenvalue weighted by atomic mass is 16.3. The molecule has 33 heavy (non-hydrogen) atoms. The highest BCUT2D eigenvalue weighted by Gasteiger charge is 2.60. The number of phenolic OH excluding ortho intramolecular Hbond substituents is 1. The molecule has 0 radical (unpaired) electrons. The van der Waals surface area contributed by atoms with Crippen molar-refractivity contribution in [2.24, 2.45) is 22.4 Å². The van der Waals surface area contributed by atoms with E-state index in [0.29, 0.717) is 17.4 Å². The zero-order valence-electron chi connectivity index (χ0n) is 19.1. The molecule has 168 valence electrons. The van der Waals surface area contributed by atoms with E-state index in [1.807, 2.05) is 30.3 Å². The third-order valence-electron chi connectivity index (χ3n) is 8.51. The standard InChI is InChI=1S/C29H30N2O2/c1-19-6-9-23(10-7-19)28-13-20-12-21(14-28)16-29(15-20,18-28)27(33)31-30-17-25-24-5-3-2-4-22(24)8-11-26(25)32/h2-11,17,20-21,32H,12-16,18H2,1H3,(H,31,33)/b30-17+. The van der Waals surface area contributed by atoms with Gasteiger partial charge in [-0.3, -0.25) is 4.79 Å². The van der Waals surface area contributed by atoms with E-state index in [-0.39, 0.29) is 22.5 Å². The zero-order chi connectivity index (χ0) is 22.6. The van der Waals surface area contributed by atoms with Gasteiger partial charge in [-0.25, -0.2) is 5.43 Å². The van der Waals surface area contributed by atoms with Crippen LogP contribution in [0.5, 0.6) is 5.75 Å². The van der Waals surface area contributed by atoms with E-state index in [0.717, 1.165) is 30.0 Å². The van der Waals surface area contributed by atoms with E-state index in [1.165, 1.54) is 30.4 Å². The predicted octanol–water partition coefficient (Wildman–Crippen LogP) is 5.84. The molecule has 4 aliphatic carbocycles. The number of phenols is 1. The molecule has 4 nitrogen and oxygen atoms in total. The van der Waals surface area contributed by atoms with Crippen LogP contribution < -0.4 is 5.43 Å². The Morgan fingerprint density at radius 1 is 1.00 bits per heavy atom. The van der Waals surface area contributed by atoms with E-state index >= 15 is 0 Å². The molecule has 3 aromatic rings. The minimum Gasteiger partial charge on any atom is -0.507 e. The number of rotatable bonds is 4. The Labute approximate surface area is 194 Å². The molecule has 2 N–H and O–H groups in total. The predicted molar refractivity (Wildman–Crippen MR) is 131 cm³/mol. The molecule has 4 saturated carbocycles. The van der Waals surface area contributed by atoms with Gasteiger partial charge in [0.2, 0.25) is 5.91 Å². The molecule has 4 fully saturated rings. The maximum Gasteiger partial charge on any atom is 0.246 e. The van der Waals surface area contributed by atoms with Gasteiger partial charge >= 0.3 is 0 Å². The maximum atomic E-state index is 13.6. The maximum absolute atomic E-state index is 13.6. The van der Waals surface area contributed by atoms with Gasteiger partial charge in [0.05, 0.1) is 11.6 Å². The van der Waals surface area contributed by atoms with E-state index < -0.39 is 0 Å². The van der Waals surface area contributed by atoms with Crippen molar-refractivity contribution in [1.82, 2.24) is 5.43 Å². The number of aromatic hydroxyl groups is 1. The molecule has 2 atom stereocenters. The van der Waals surface area contributed by atoms with Crippen molar-refractivity contribution in [2.45, 2.75) is 50.9 Å². The van der Waals surface area contributed by atoms with Gasteiger partial charge in [0, 0.05) is 5.56 Å². The van der Waals surface area contributed by atoms with Crippen molar-refractivity contribution in [1.29, 1.82) is 0 Å². The number of hydrogen-bond donors (Lipinski definition) is 2. The van der Waals surface area contributed by atoms with Crippen LogP contribution in [0, 0.1) is 24.2 Å². The van der Waals surface area contributed by atoms with Gasteiger partial charge in [0.15, 0.2) is 0 Å². The third-order valence-corrected chi connectivity index (χ3v) is 8.51. The minimum absolute atomic E-state index is 0.0454. The second-order valence-corrected chi connectivity index (χ2v) is 10.8. The van der Waals surface area contributed by atoms with Gasteiger partial charge in [-0.1, -0.05) is 60.2 Å². The van der Waals surface area contributed by atoms with Crippen LogP contribution in [-0.2, 0) is 10.2 Å². The lowest BCUT2D eigenvalue weighted by Crippen LogP contribution is -2.58. The summed E-state index contributed by atoms with van der Waals surface area (Å²) in [6, 6.07) is 20.4. The number of nitrogens with zero attached hydrogens (tertiary/aromatic N) is 1. The quantitative estimate of drug-likeness (QED) is 0.397. The van der Waals surface area contributed by atoms with Crippen LogP contribution in [0.4, 0.5) is 0 Å². The molecule has 2 unspecified atom stereocenters. The summed E-state index contributed by atoms with van der Waals surface area (Å²) in [6.07, 6.45) is 8.11. The van der Waals surface area contributed by atoms with Crippen molar-refractivity contribution >= 4 is 22.9 Å². The van der Waals surface area contributed by atoms with Crippen LogP contribution in [0.1, 0.15) is 55.2 Å². The fraction of sp³-hybridized carbons (Fsp3) is 0.379. The fourth-order valence-electron chi connectivity index (χ4n) is 7.47. The molecule has 7 rings (SSSR count). The number of fused-ring (bicyclic) bond motifs is 1. The number of amides is 1. The average molecular weight is 439 g/mol. The molecule has 1 amide bonds. The largest absolute Gasteiger partial charge is 0.507 e. The van der Waals surface area contributed by atoms with Gasteiger partial charge < -0.3 is 5.11 Å². The molecule has 0 aliphatic heterocycles. The lowest BCUT2D eigenvalue weighted by Gasteiger charge is -2.61. The van der Waals surface area contributed by atoms with Gasteiger partial charge in [0.1, 0.15) is 5.75 Å². The summed E-state index contributed by atoms with van der Waals surface area (Å²) in [5.41, 5.74) is 5.97. The number of benzene rings is 3. The number of nitrogens with one attached hydrogen (secondary N) is 1. The Bertz CT molecular complexity index is 1250. The first-order chi connectivity index (χ1) is 16.0. The number of aryl methyl sites for hydroxylation is 1. The monoisotopic (exact) mass is 438 g/mol. The first-order valence-corrected chi connectivity index (χ1v) is 12.1. The number of carbonyl (C=O) groups excluding carboxylic acids is 1. The Morgan fingerprint density at radius 2 is 1.73 bits per heavy atom. The van der Waals surface area contributed by atoms with Gasteiger partial charge in [-0.05, 0) is 85.1 Å². The fourth-order valence-corrected chi connectivity index (χ4v) is 7.47. The van der Waals surface area contributed by atoms with Crippen LogP contribution in [0.15, 0.2) is 65.8 Å². The average Bonchev–Trinajstić information content (AvgIpc) is 2.80. The molecule has 3 aromatic carbocycles. The van der Waals surface area contributed by atoms with Gasteiger partial charge in [0.25, 0.3) is 0 Å². The summed E-state index contributed by atoms with van der Waals surface area (Å²) in [5.74, 6) is 1.44. The Balaban J connectivity index is 1.27. The van der Waals surface area contributed by atoms with Crippen LogP contribution in [0.3, 0.4) is 0 Å². The van der Waals surface area contributed by atoms with Crippen molar-refractivity contribution in [3.05, 3.63) is 77.4 Å². The molecule has 0 spiro atoms. The number of carbonyl (C=O) groups is 1.